The molecule has 1 atom stereocenters. The molecular formula is C15H22F2N2O. The average Bonchev–Trinajstić information content (AvgIpc) is 2.45. The molecule has 2 rings (SSSR count). The molecule has 3 nitrogen and oxygen atoms in total. The molecule has 20 heavy (non-hydrogen) atoms. The topological polar surface area (TPSA) is 48.1 Å². The molecule has 1 unspecified atom stereocenters. The van der Waals surface area contributed by atoms with E-state index < -0.39 is 5.92 Å². The Morgan fingerprint density at radius 1 is 1.40 bits per heavy atom. The van der Waals surface area contributed by atoms with Gasteiger partial charge in [0.05, 0.1) is 12.8 Å². The average molecular weight is 284 g/mol. The minimum Gasteiger partial charge on any atom is -0.492 e. The summed E-state index contributed by atoms with van der Waals surface area (Å²) in [6.07, 6.45) is 5.09. The van der Waals surface area contributed by atoms with Gasteiger partial charge in [-0.15, -0.1) is 0 Å². The summed E-state index contributed by atoms with van der Waals surface area (Å²) in [5, 5.41) is 0. The lowest BCUT2D eigenvalue weighted by atomic mass is 9.80. The van der Waals surface area contributed by atoms with Crippen molar-refractivity contribution in [3.8, 4) is 5.75 Å². The predicted octanol–water partition coefficient (Wildman–Crippen LogP) is 3.70. The summed E-state index contributed by atoms with van der Waals surface area (Å²) >= 11 is 0. The van der Waals surface area contributed by atoms with Crippen molar-refractivity contribution in [2.75, 3.05) is 6.61 Å². The first-order valence-electron chi connectivity index (χ1n) is 7.23. The van der Waals surface area contributed by atoms with E-state index in [0.717, 1.165) is 12.0 Å². The van der Waals surface area contributed by atoms with E-state index >= 15 is 0 Å². The molecule has 0 spiro atoms. The number of nitrogens with two attached hydrogens (primary N) is 1. The molecule has 1 heterocycles. The van der Waals surface area contributed by atoms with Crippen LogP contribution in [0.2, 0.25) is 0 Å². The second-order valence-electron chi connectivity index (χ2n) is 5.52. The van der Waals surface area contributed by atoms with Crippen LogP contribution in [0.4, 0.5) is 8.78 Å². The van der Waals surface area contributed by atoms with Gasteiger partial charge < -0.3 is 10.5 Å². The number of ether oxygens (including phenoxy) is 1. The molecule has 0 aliphatic heterocycles. The van der Waals surface area contributed by atoms with Gasteiger partial charge in [-0.1, -0.05) is 6.92 Å². The fourth-order valence-corrected chi connectivity index (χ4v) is 2.61. The van der Waals surface area contributed by atoms with Crippen molar-refractivity contribution >= 4 is 0 Å². The normalized spacial score (nSPS) is 20.6. The third-order valence-corrected chi connectivity index (χ3v) is 3.86. The number of pyridine rings is 1. The van der Waals surface area contributed by atoms with Gasteiger partial charge in [-0.25, -0.2) is 8.78 Å². The van der Waals surface area contributed by atoms with E-state index in [1.165, 1.54) is 0 Å². The van der Waals surface area contributed by atoms with E-state index in [4.69, 9.17) is 10.5 Å². The largest absolute Gasteiger partial charge is 0.492 e. The van der Waals surface area contributed by atoms with Gasteiger partial charge in [0.25, 0.3) is 0 Å². The second kappa shape index (κ2) is 6.48. The number of alkyl halides is 2. The van der Waals surface area contributed by atoms with E-state index in [0.29, 0.717) is 25.2 Å². The van der Waals surface area contributed by atoms with E-state index in [9.17, 15) is 8.78 Å². The molecule has 0 amide bonds. The van der Waals surface area contributed by atoms with E-state index in [-0.39, 0.29) is 24.8 Å². The smallest absolute Gasteiger partial charge is 0.248 e. The Balaban J connectivity index is 2.00. The molecule has 0 radical (unpaired) electrons. The number of hydrogen-bond donors (Lipinski definition) is 1. The van der Waals surface area contributed by atoms with Crippen LogP contribution in [0.5, 0.6) is 5.75 Å². The summed E-state index contributed by atoms with van der Waals surface area (Å²) in [4.78, 5) is 4.13. The number of aromatic nitrogens is 1. The zero-order valence-corrected chi connectivity index (χ0v) is 11.8. The van der Waals surface area contributed by atoms with Crippen molar-refractivity contribution < 1.29 is 13.5 Å². The Morgan fingerprint density at radius 2 is 2.10 bits per heavy atom. The Bertz CT molecular complexity index is 430. The Morgan fingerprint density at radius 3 is 2.75 bits per heavy atom. The van der Waals surface area contributed by atoms with Crippen LogP contribution in [0.15, 0.2) is 18.5 Å². The quantitative estimate of drug-likeness (QED) is 0.897. The van der Waals surface area contributed by atoms with Gasteiger partial charge in [-0.05, 0) is 36.8 Å². The van der Waals surface area contributed by atoms with Gasteiger partial charge in [0.1, 0.15) is 5.75 Å². The van der Waals surface area contributed by atoms with Gasteiger partial charge in [0.2, 0.25) is 5.92 Å². The highest BCUT2D eigenvalue weighted by atomic mass is 19.3. The molecule has 1 aliphatic carbocycles. The number of hydrogen-bond acceptors (Lipinski definition) is 3. The SMILES string of the molecule is CCCOc1cncc(C(N)C2CCC(F)(F)CC2)c1. The van der Waals surface area contributed by atoms with Crippen LogP contribution in [0.1, 0.15) is 50.6 Å². The van der Waals surface area contributed by atoms with Gasteiger partial charge in [-0.3, -0.25) is 4.98 Å². The van der Waals surface area contributed by atoms with Crippen molar-refractivity contribution in [1.29, 1.82) is 0 Å². The van der Waals surface area contributed by atoms with Crippen molar-refractivity contribution in [3.63, 3.8) is 0 Å². The second-order valence-corrected chi connectivity index (χ2v) is 5.52. The zero-order valence-electron chi connectivity index (χ0n) is 11.8. The standard InChI is InChI=1S/C15H22F2N2O/c1-2-7-20-13-8-12(9-19-10-13)14(18)11-3-5-15(16,17)6-4-11/h8-11,14H,2-7,18H2,1H3. The van der Waals surface area contributed by atoms with E-state index in [1.54, 1.807) is 12.4 Å². The van der Waals surface area contributed by atoms with Crippen molar-refractivity contribution in [1.82, 2.24) is 4.98 Å². The molecule has 0 aromatic carbocycles. The van der Waals surface area contributed by atoms with Crippen LogP contribution < -0.4 is 10.5 Å². The summed E-state index contributed by atoms with van der Waals surface area (Å²) in [6.45, 7) is 2.67. The minimum absolute atomic E-state index is 0.0647. The third-order valence-electron chi connectivity index (χ3n) is 3.86. The first kappa shape index (κ1) is 15.2. The molecule has 112 valence electrons. The molecule has 1 fully saturated rings. The van der Waals surface area contributed by atoms with Crippen LogP contribution in [-0.2, 0) is 0 Å². The summed E-state index contributed by atoms with van der Waals surface area (Å²) in [5.74, 6) is -1.72. The fourth-order valence-electron chi connectivity index (χ4n) is 2.61. The van der Waals surface area contributed by atoms with Gasteiger partial charge >= 0.3 is 0 Å². The van der Waals surface area contributed by atoms with E-state index in [2.05, 4.69) is 4.98 Å². The highest BCUT2D eigenvalue weighted by Gasteiger charge is 2.37. The molecule has 1 aliphatic rings. The molecule has 2 N–H and O–H groups in total. The highest BCUT2D eigenvalue weighted by molar-refractivity contribution is 5.26. The first-order chi connectivity index (χ1) is 9.52. The van der Waals surface area contributed by atoms with Crippen LogP contribution in [0, 0.1) is 5.92 Å². The highest BCUT2D eigenvalue weighted by Crippen LogP contribution is 2.40. The molecule has 0 saturated heterocycles. The van der Waals surface area contributed by atoms with Gasteiger partial charge in [-0.2, -0.15) is 0 Å². The zero-order chi connectivity index (χ0) is 14.6. The number of nitrogens with zero attached hydrogens (tertiary/aromatic N) is 1. The molecule has 1 aromatic rings. The molecular weight excluding hydrogens is 262 g/mol. The fraction of sp³-hybridized carbons (Fsp3) is 0.667. The van der Waals surface area contributed by atoms with E-state index in [1.807, 2.05) is 13.0 Å². The van der Waals surface area contributed by atoms with Gasteiger partial charge in [0, 0.05) is 25.1 Å². The maximum atomic E-state index is 13.2. The third kappa shape index (κ3) is 3.88. The summed E-state index contributed by atoms with van der Waals surface area (Å²) in [7, 11) is 0. The predicted molar refractivity (Wildman–Crippen MR) is 73.9 cm³/mol. The Hall–Kier alpha value is -1.23. The Labute approximate surface area is 118 Å². The Kier molecular flexibility index (Phi) is 4.91. The molecule has 5 heteroatoms. The number of rotatable bonds is 5. The summed E-state index contributed by atoms with van der Waals surface area (Å²) in [6, 6.07) is 1.63. The monoisotopic (exact) mass is 284 g/mol. The lowest BCUT2D eigenvalue weighted by Crippen LogP contribution is -2.31. The van der Waals surface area contributed by atoms with Crippen molar-refractivity contribution in [3.05, 3.63) is 24.0 Å². The lowest BCUT2D eigenvalue weighted by Gasteiger charge is -2.32. The first-order valence-corrected chi connectivity index (χ1v) is 7.23. The lowest BCUT2D eigenvalue weighted by molar-refractivity contribution is -0.0483. The maximum Gasteiger partial charge on any atom is 0.248 e. The maximum absolute atomic E-state index is 13.2. The van der Waals surface area contributed by atoms with Crippen LogP contribution >= 0.6 is 0 Å². The van der Waals surface area contributed by atoms with Crippen LogP contribution in [0.25, 0.3) is 0 Å². The molecule has 1 saturated carbocycles. The van der Waals surface area contributed by atoms with Gasteiger partial charge in [0.15, 0.2) is 0 Å². The number of halogens is 2. The molecule has 1 aromatic heterocycles. The minimum atomic E-state index is -2.51. The van der Waals surface area contributed by atoms with Crippen molar-refractivity contribution in [2.24, 2.45) is 11.7 Å². The van der Waals surface area contributed by atoms with Crippen LogP contribution in [0.3, 0.4) is 0 Å². The van der Waals surface area contributed by atoms with Crippen LogP contribution in [-0.4, -0.2) is 17.5 Å². The summed E-state index contributed by atoms with van der Waals surface area (Å²) < 4.78 is 31.9. The summed E-state index contributed by atoms with van der Waals surface area (Å²) in [5.41, 5.74) is 7.08. The molecule has 0 bridgehead atoms. The van der Waals surface area contributed by atoms with Crippen molar-refractivity contribution in [2.45, 2.75) is 51.0 Å².